The van der Waals surface area contributed by atoms with Crippen molar-refractivity contribution < 1.29 is 4.74 Å². The third-order valence-corrected chi connectivity index (χ3v) is 3.11. The van der Waals surface area contributed by atoms with E-state index < -0.39 is 0 Å². The molecule has 1 atom stereocenters. The fourth-order valence-electron chi connectivity index (χ4n) is 2.20. The number of aryl methyl sites for hydroxylation is 2. The van der Waals surface area contributed by atoms with Gasteiger partial charge >= 0.3 is 0 Å². The minimum Gasteiger partial charge on any atom is -0.385 e. The number of rotatable bonds is 4. The molecule has 2 heterocycles. The summed E-state index contributed by atoms with van der Waals surface area (Å²) in [5.41, 5.74) is 1.20. The van der Waals surface area contributed by atoms with Gasteiger partial charge in [-0.15, -0.1) is 0 Å². The molecule has 1 aromatic heterocycles. The summed E-state index contributed by atoms with van der Waals surface area (Å²) in [5.74, 6) is 1.19. The SMILES string of the molecule is CCc1cn2c(n1)C(CCOC)NCCC2. The summed E-state index contributed by atoms with van der Waals surface area (Å²) < 4.78 is 7.46. The molecular weight excluding hydrogens is 202 g/mol. The molecule has 0 radical (unpaired) electrons. The Morgan fingerprint density at radius 1 is 1.62 bits per heavy atom. The van der Waals surface area contributed by atoms with Gasteiger partial charge in [0, 0.05) is 26.5 Å². The molecule has 1 aliphatic heterocycles. The fraction of sp³-hybridized carbons (Fsp3) is 0.750. The highest BCUT2D eigenvalue weighted by atomic mass is 16.5. The van der Waals surface area contributed by atoms with Gasteiger partial charge < -0.3 is 14.6 Å². The molecule has 16 heavy (non-hydrogen) atoms. The Morgan fingerprint density at radius 3 is 3.25 bits per heavy atom. The van der Waals surface area contributed by atoms with E-state index >= 15 is 0 Å². The maximum Gasteiger partial charge on any atom is 0.126 e. The highest BCUT2D eigenvalue weighted by Gasteiger charge is 2.20. The normalized spacial score (nSPS) is 20.5. The number of imidazole rings is 1. The van der Waals surface area contributed by atoms with E-state index in [4.69, 9.17) is 9.72 Å². The number of hydrogen-bond donors (Lipinski definition) is 1. The van der Waals surface area contributed by atoms with Crippen molar-refractivity contribution in [2.75, 3.05) is 20.3 Å². The summed E-state index contributed by atoms with van der Waals surface area (Å²) in [4.78, 5) is 4.71. The number of nitrogens with zero attached hydrogens (tertiary/aromatic N) is 2. The maximum absolute atomic E-state index is 5.16. The second-order valence-corrected chi connectivity index (χ2v) is 4.28. The van der Waals surface area contributed by atoms with E-state index in [0.717, 1.165) is 32.5 Å². The second-order valence-electron chi connectivity index (χ2n) is 4.28. The van der Waals surface area contributed by atoms with Gasteiger partial charge in [-0.3, -0.25) is 0 Å². The van der Waals surface area contributed by atoms with Crippen molar-refractivity contribution in [2.24, 2.45) is 0 Å². The summed E-state index contributed by atoms with van der Waals surface area (Å²) in [5, 5.41) is 3.55. The minimum absolute atomic E-state index is 0.350. The zero-order chi connectivity index (χ0) is 11.4. The van der Waals surface area contributed by atoms with Crippen LogP contribution in [0.2, 0.25) is 0 Å². The van der Waals surface area contributed by atoms with Crippen LogP contribution in [0, 0.1) is 0 Å². The third-order valence-electron chi connectivity index (χ3n) is 3.11. The van der Waals surface area contributed by atoms with Crippen LogP contribution >= 0.6 is 0 Å². The van der Waals surface area contributed by atoms with Gasteiger partial charge in [0.25, 0.3) is 0 Å². The number of fused-ring (bicyclic) bond motifs is 1. The number of nitrogens with one attached hydrogen (secondary N) is 1. The van der Waals surface area contributed by atoms with Gasteiger partial charge in [-0.05, 0) is 25.8 Å². The molecule has 0 aromatic carbocycles. The topological polar surface area (TPSA) is 39.1 Å². The maximum atomic E-state index is 5.16. The summed E-state index contributed by atoms with van der Waals surface area (Å²) in [7, 11) is 1.75. The molecule has 1 aliphatic rings. The lowest BCUT2D eigenvalue weighted by molar-refractivity contribution is 0.182. The van der Waals surface area contributed by atoms with Gasteiger partial charge in [-0.1, -0.05) is 6.92 Å². The van der Waals surface area contributed by atoms with Gasteiger partial charge in [0.15, 0.2) is 0 Å². The van der Waals surface area contributed by atoms with Crippen LogP contribution < -0.4 is 5.32 Å². The predicted molar refractivity (Wildman–Crippen MR) is 63.5 cm³/mol. The van der Waals surface area contributed by atoms with Crippen molar-refractivity contribution in [1.29, 1.82) is 0 Å². The summed E-state index contributed by atoms with van der Waals surface area (Å²) >= 11 is 0. The molecule has 0 saturated heterocycles. The van der Waals surface area contributed by atoms with Crippen LogP contribution in [-0.2, 0) is 17.7 Å². The van der Waals surface area contributed by atoms with Crippen molar-refractivity contribution in [3.63, 3.8) is 0 Å². The average molecular weight is 223 g/mol. The molecule has 1 unspecified atom stereocenters. The van der Waals surface area contributed by atoms with E-state index in [1.54, 1.807) is 7.11 Å². The van der Waals surface area contributed by atoms with Crippen molar-refractivity contribution in [3.8, 4) is 0 Å². The van der Waals surface area contributed by atoms with Gasteiger partial charge in [0.1, 0.15) is 5.82 Å². The first-order chi connectivity index (χ1) is 7.85. The zero-order valence-corrected chi connectivity index (χ0v) is 10.2. The Morgan fingerprint density at radius 2 is 2.50 bits per heavy atom. The molecule has 0 aliphatic carbocycles. The smallest absolute Gasteiger partial charge is 0.126 e. The summed E-state index contributed by atoms with van der Waals surface area (Å²) in [6.45, 7) is 5.09. The fourth-order valence-corrected chi connectivity index (χ4v) is 2.20. The molecule has 0 spiro atoms. The van der Waals surface area contributed by atoms with E-state index in [-0.39, 0.29) is 0 Å². The number of hydrogen-bond acceptors (Lipinski definition) is 3. The van der Waals surface area contributed by atoms with Crippen molar-refractivity contribution >= 4 is 0 Å². The number of ether oxygens (including phenoxy) is 1. The first-order valence-corrected chi connectivity index (χ1v) is 6.13. The molecule has 4 heteroatoms. The molecule has 2 rings (SSSR count). The highest BCUT2D eigenvalue weighted by Crippen LogP contribution is 2.20. The van der Waals surface area contributed by atoms with Crippen LogP contribution in [0.4, 0.5) is 0 Å². The van der Waals surface area contributed by atoms with Crippen LogP contribution in [0.5, 0.6) is 0 Å². The van der Waals surface area contributed by atoms with Gasteiger partial charge in [-0.25, -0.2) is 4.98 Å². The first-order valence-electron chi connectivity index (χ1n) is 6.13. The zero-order valence-electron chi connectivity index (χ0n) is 10.2. The Labute approximate surface area is 97.0 Å². The molecular formula is C12H21N3O. The Hall–Kier alpha value is -0.870. The number of methoxy groups -OCH3 is 1. The van der Waals surface area contributed by atoms with Gasteiger partial charge in [0.05, 0.1) is 11.7 Å². The minimum atomic E-state index is 0.350. The van der Waals surface area contributed by atoms with Crippen LogP contribution in [0.3, 0.4) is 0 Å². The summed E-state index contributed by atoms with van der Waals surface area (Å²) in [6.07, 6.45) is 5.38. The molecule has 1 N–H and O–H groups in total. The molecule has 90 valence electrons. The molecule has 4 nitrogen and oxygen atoms in total. The Balaban J connectivity index is 2.17. The van der Waals surface area contributed by atoms with Crippen LogP contribution in [0.25, 0.3) is 0 Å². The number of aromatic nitrogens is 2. The van der Waals surface area contributed by atoms with E-state index in [1.807, 2.05) is 0 Å². The van der Waals surface area contributed by atoms with E-state index in [1.165, 1.54) is 17.9 Å². The second kappa shape index (κ2) is 5.46. The molecule has 0 amide bonds. The lowest BCUT2D eigenvalue weighted by Crippen LogP contribution is -2.23. The first kappa shape index (κ1) is 11.6. The van der Waals surface area contributed by atoms with Crippen molar-refractivity contribution in [1.82, 2.24) is 14.9 Å². The largest absolute Gasteiger partial charge is 0.385 e. The molecule has 0 saturated carbocycles. The Bertz CT molecular complexity index is 335. The molecule has 1 aromatic rings. The lowest BCUT2D eigenvalue weighted by Gasteiger charge is -2.15. The van der Waals surface area contributed by atoms with E-state index in [9.17, 15) is 0 Å². The third kappa shape index (κ3) is 2.44. The van der Waals surface area contributed by atoms with Crippen LogP contribution in [0.15, 0.2) is 6.20 Å². The van der Waals surface area contributed by atoms with E-state index in [0.29, 0.717) is 6.04 Å². The monoisotopic (exact) mass is 223 g/mol. The van der Waals surface area contributed by atoms with E-state index in [2.05, 4.69) is 23.0 Å². The standard InChI is InChI=1S/C12H21N3O/c1-3-10-9-15-7-4-6-13-11(5-8-16-2)12(15)14-10/h9,11,13H,3-8H2,1-2H3. The average Bonchev–Trinajstić information content (AvgIpc) is 2.63. The van der Waals surface area contributed by atoms with Gasteiger partial charge in [-0.2, -0.15) is 0 Å². The highest BCUT2D eigenvalue weighted by molar-refractivity contribution is 5.09. The van der Waals surface area contributed by atoms with Crippen LogP contribution in [-0.4, -0.2) is 29.8 Å². The van der Waals surface area contributed by atoms with Crippen molar-refractivity contribution in [2.45, 2.75) is 38.8 Å². The predicted octanol–water partition coefficient (Wildman–Crippen LogP) is 1.52. The Kier molecular flexibility index (Phi) is 3.96. The quantitative estimate of drug-likeness (QED) is 0.841. The van der Waals surface area contributed by atoms with Crippen molar-refractivity contribution in [3.05, 3.63) is 17.7 Å². The van der Waals surface area contributed by atoms with Gasteiger partial charge in [0.2, 0.25) is 0 Å². The molecule has 0 bridgehead atoms. The van der Waals surface area contributed by atoms with Crippen LogP contribution in [0.1, 0.15) is 37.3 Å². The molecule has 0 fully saturated rings. The summed E-state index contributed by atoms with van der Waals surface area (Å²) in [6, 6.07) is 0.350. The lowest BCUT2D eigenvalue weighted by atomic mass is 10.2.